The molecule has 3 aliphatic carbocycles. The lowest BCUT2D eigenvalue weighted by Crippen LogP contribution is -2.28. The van der Waals surface area contributed by atoms with E-state index in [0.717, 1.165) is 24.2 Å². The number of allylic oxidation sites excluding steroid dienone is 2. The zero-order chi connectivity index (χ0) is 13.6. The summed E-state index contributed by atoms with van der Waals surface area (Å²) in [7, 11) is 0. The van der Waals surface area contributed by atoms with Crippen molar-refractivity contribution in [1.29, 1.82) is 0 Å². The van der Waals surface area contributed by atoms with E-state index in [4.69, 9.17) is 4.74 Å². The molecule has 2 saturated carbocycles. The lowest BCUT2D eigenvalue weighted by Gasteiger charge is -2.38. The molecule has 19 heavy (non-hydrogen) atoms. The fraction of sp³-hybridized carbons (Fsp3) is 0.706. The molecule has 2 nitrogen and oxygen atoms in total. The average molecular weight is 260 g/mol. The molecule has 3 rings (SSSR count). The summed E-state index contributed by atoms with van der Waals surface area (Å²) < 4.78 is 5.27. The third-order valence-corrected chi connectivity index (χ3v) is 5.31. The highest BCUT2D eigenvalue weighted by Gasteiger charge is 2.48. The van der Waals surface area contributed by atoms with Crippen LogP contribution in [-0.4, -0.2) is 12.6 Å². The van der Waals surface area contributed by atoms with Gasteiger partial charge < -0.3 is 4.74 Å². The minimum absolute atomic E-state index is 0.232. The van der Waals surface area contributed by atoms with Crippen LogP contribution in [0.5, 0.6) is 0 Å². The molecule has 0 radical (unpaired) electrons. The molecule has 104 valence electrons. The van der Waals surface area contributed by atoms with Gasteiger partial charge in [-0.3, -0.25) is 0 Å². The highest BCUT2D eigenvalue weighted by Crippen LogP contribution is 2.59. The van der Waals surface area contributed by atoms with E-state index in [1.807, 2.05) is 0 Å². The first-order valence-electron chi connectivity index (χ1n) is 7.51. The van der Waals surface area contributed by atoms with E-state index >= 15 is 0 Å². The van der Waals surface area contributed by atoms with Gasteiger partial charge in [-0.15, -0.1) is 0 Å². The molecule has 0 amide bonds. The van der Waals surface area contributed by atoms with Crippen LogP contribution in [0.3, 0.4) is 0 Å². The van der Waals surface area contributed by atoms with Crippen LogP contribution in [0.1, 0.15) is 46.0 Å². The second kappa shape index (κ2) is 4.50. The Morgan fingerprint density at radius 1 is 1.53 bits per heavy atom. The number of hydrogen-bond donors (Lipinski definition) is 0. The average Bonchev–Trinajstić information content (AvgIpc) is 2.56. The van der Waals surface area contributed by atoms with E-state index in [-0.39, 0.29) is 11.4 Å². The van der Waals surface area contributed by atoms with E-state index in [9.17, 15) is 4.79 Å². The smallest absolute Gasteiger partial charge is 0.333 e. The van der Waals surface area contributed by atoms with E-state index in [1.54, 1.807) is 12.5 Å². The third-order valence-electron chi connectivity index (χ3n) is 5.31. The van der Waals surface area contributed by atoms with Gasteiger partial charge in [0.2, 0.25) is 0 Å². The molecule has 3 aliphatic rings. The van der Waals surface area contributed by atoms with Crippen molar-refractivity contribution in [2.45, 2.75) is 46.0 Å². The van der Waals surface area contributed by atoms with Gasteiger partial charge in [0.25, 0.3) is 0 Å². The molecule has 0 aromatic carbocycles. The second-order valence-corrected chi connectivity index (χ2v) is 7.15. The van der Waals surface area contributed by atoms with Crippen molar-refractivity contribution in [3.63, 3.8) is 0 Å². The number of esters is 1. The molecule has 2 fully saturated rings. The highest BCUT2D eigenvalue weighted by atomic mass is 16.5. The van der Waals surface area contributed by atoms with Crippen LogP contribution in [0.4, 0.5) is 0 Å². The predicted molar refractivity (Wildman–Crippen MR) is 75.5 cm³/mol. The van der Waals surface area contributed by atoms with E-state index in [2.05, 4.69) is 19.6 Å². The van der Waals surface area contributed by atoms with Gasteiger partial charge in [-0.1, -0.05) is 25.2 Å². The monoisotopic (exact) mass is 260 g/mol. The van der Waals surface area contributed by atoms with Gasteiger partial charge in [0.15, 0.2) is 0 Å². The Morgan fingerprint density at radius 2 is 2.32 bits per heavy atom. The molecule has 0 saturated heterocycles. The summed E-state index contributed by atoms with van der Waals surface area (Å²) in [5.41, 5.74) is 2.42. The molecule has 0 aliphatic heterocycles. The lowest BCUT2D eigenvalue weighted by molar-refractivity contribution is -0.139. The number of fused-ring (bicyclic) bond motifs is 1. The number of carbonyl (C=O) groups is 1. The fourth-order valence-corrected chi connectivity index (χ4v) is 4.39. The number of carbonyl (C=O) groups excluding carboxylic acids is 1. The SMILES string of the molecule is C=C(C)C(=O)OCCC1(C)C=C2CC3CC(CC23)C1. The maximum atomic E-state index is 11.4. The number of ether oxygens (including phenoxy) is 1. The van der Waals surface area contributed by atoms with Gasteiger partial charge in [0, 0.05) is 5.57 Å². The van der Waals surface area contributed by atoms with Crippen molar-refractivity contribution in [2.24, 2.45) is 23.2 Å². The van der Waals surface area contributed by atoms with Crippen LogP contribution < -0.4 is 0 Å². The van der Waals surface area contributed by atoms with Crippen LogP contribution in [0.25, 0.3) is 0 Å². The summed E-state index contributed by atoms with van der Waals surface area (Å²) in [6, 6.07) is 0. The third kappa shape index (κ3) is 2.37. The molecule has 0 N–H and O–H groups in total. The Labute approximate surface area is 115 Å². The quantitative estimate of drug-likeness (QED) is 0.435. The summed E-state index contributed by atoms with van der Waals surface area (Å²) in [4.78, 5) is 11.4. The van der Waals surface area contributed by atoms with E-state index in [1.165, 1.54) is 25.7 Å². The predicted octanol–water partition coefficient (Wildman–Crippen LogP) is 3.88. The van der Waals surface area contributed by atoms with Crippen molar-refractivity contribution in [3.8, 4) is 0 Å². The highest BCUT2D eigenvalue weighted by molar-refractivity contribution is 5.86. The molecule has 0 heterocycles. The van der Waals surface area contributed by atoms with Crippen LogP contribution >= 0.6 is 0 Å². The van der Waals surface area contributed by atoms with Gasteiger partial charge in [0.1, 0.15) is 0 Å². The lowest BCUT2D eigenvalue weighted by atomic mass is 9.67. The Balaban J connectivity index is 1.60. The topological polar surface area (TPSA) is 26.3 Å². The van der Waals surface area contributed by atoms with Crippen LogP contribution in [0, 0.1) is 23.2 Å². The fourth-order valence-electron chi connectivity index (χ4n) is 4.39. The molecule has 0 aromatic rings. The minimum Gasteiger partial charge on any atom is -0.462 e. The van der Waals surface area contributed by atoms with Crippen LogP contribution in [0.15, 0.2) is 23.8 Å². The Kier molecular flexibility index (Phi) is 3.07. The number of hydrogen-bond acceptors (Lipinski definition) is 2. The first-order chi connectivity index (χ1) is 8.97. The van der Waals surface area contributed by atoms with Gasteiger partial charge >= 0.3 is 5.97 Å². The first kappa shape index (κ1) is 13.0. The van der Waals surface area contributed by atoms with Crippen LogP contribution in [-0.2, 0) is 9.53 Å². The molecule has 4 atom stereocenters. The summed E-state index contributed by atoms with van der Waals surface area (Å²) in [5, 5.41) is 0. The van der Waals surface area contributed by atoms with Gasteiger partial charge in [-0.25, -0.2) is 4.79 Å². The van der Waals surface area contributed by atoms with Crippen molar-refractivity contribution >= 4 is 5.97 Å². The Morgan fingerprint density at radius 3 is 3.05 bits per heavy atom. The molecule has 4 unspecified atom stereocenters. The van der Waals surface area contributed by atoms with Crippen molar-refractivity contribution in [3.05, 3.63) is 23.8 Å². The van der Waals surface area contributed by atoms with E-state index in [0.29, 0.717) is 12.2 Å². The van der Waals surface area contributed by atoms with Crippen molar-refractivity contribution in [1.82, 2.24) is 0 Å². The number of rotatable bonds is 4. The molecule has 2 bridgehead atoms. The summed E-state index contributed by atoms with van der Waals surface area (Å²) in [6.07, 6.45) is 8.92. The Bertz CT molecular complexity index is 448. The second-order valence-electron chi connectivity index (χ2n) is 7.15. The van der Waals surface area contributed by atoms with Gasteiger partial charge in [-0.05, 0) is 62.2 Å². The largest absolute Gasteiger partial charge is 0.462 e. The van der Waals surface area contributed by atoms with E-state index < -0.39 is 0 Å². The zero-order valence-corrected chi connectivity index (χ0v) is 12.1. The first-order valence-corrected chi connectivity index (χ1v) is 7.51. The van der Waals surface area contributed by atoms with Crippen LogP contribution in [0.2, 0.25) is 0 Å². The maximum absolute atomic E-state index is 11.4. The van der Waals surface area contributed by atoms with Crippen molar-refractivity contribution < 1.29 is 9.53 Å². The summed E-state index contributed by atoms with van der Waals surface area (Å²) in [5.74, 6) is 2.55. The zero-order valence-electron chi connectivity index (χ0n) is 12.1. The van der Waals surface area contributed by atoms with Gasteiger partial charge in [-0.2, -0.15) is 0 Å². The van der Waals surface area contributed by atoms with Gasteiger partial charge in [0.05, 0.1) is 6.61 Å². The molecular weight excluding hydrogens is 236 g/mol. The summed E-state index contributed by atoms with van der Waals surface area (Å²) >= 11 is 0. The van der Waals surface area contributed by atoms with Crippen molar-refractivity contribution in [2.75, 3.05) is 6.61 Å². The Hall–Kier alpha value is -1.05. The standard InChI is InChI=1S/C17H24O2/c1-11(2)16(18)19-5-4-17(3)9-12-6-13-8-14(10-17)15(13)7-12/h10,12-13,15H,1,4-9H2,2-3H3. The maximum Gasteiger partial charge on any atom is 0.333 e. The molecule has 2 heteroatoms. The minimum atomic E-state index is -0.255. The normalized spacial score (nSPS) is 39.1. The molecular formula is C17H24O2. The molecule has 0 aromatic heterocycles. The summed E-state index contributed by atoms with van der Waals surface area (Å²) in [6.45, 7) is 8.17. The molecule has 0 spiro atoms.